The molecule has 0 spiro atoms. The zero-order chi connectivity index (χ0) is 16.7. The van der Waals surface area contributed by atoms with Crippen molar-refractivity contribution in [3.63, 3.8) is 0 Å². The minimum Gasteiger partial charge on any atom is -0.333 e. The summed E-state index contributed by atoms with van der Waals surface area (Å²) in [5.41, 5.74) is 0.555. The van der Waals surface area contributed by atoms with Gasteiger partial charge >= 0.3 is 11.8 Å². The van der Waals surface area contributed by atoms with Crippen LogP contribution < -0.4 is 5.32 Å². The second-order valence-corrected chi connectivity index (χ2v) is 6.35. The molecule has 0 radical (unpaired) electrons. The second kappa shape index (κ2) is 8.76. The van der Waals surface area contributed by atoms with E-state index in [0.717, 1.165) is 0 Å². The van der Waals surface area contributed by atoms with Gasteiger partial charge in [0.05, 0.1) is 0 Å². The van der Waals surface area contributed by atoms with Crippen molar-refractivity contribution in [2.24, 2.45) is 5.92 Å². The van der Waals surface area contributed by atoms with Crippen LogP contribution in [-0.2, 0) is 9.59 Å². The van der Waals surface area contributed by atoms with Crippen LogP contribution >= 0.6 is 11.6 Å². The molecule has 5 nitrogen and oxygen atoms in total. The molecule has 6 heteroatoms. The van der Waals surface area contributed by atoms with E-state index in [1.165, 1.54) is 0 Å². The summed E-state index contributed by atoms with van der Waals surface area (Å²) in [5.74, 6) is -0.832. The Hall–Kier alpha value is -1.59. The number of likely N-dealkylation sites (N-methyl/N-ethyl adjacent to an activating group) is 1. The van der Waals surface area contributed by atoms with Crippen LogP contribution in [0.15, 0.2) is 24.3 Å². The summed E-state index contributed by atoms with van der Waals surface area (Å²) in [6, 6.07) is 6.67. The molecule has 0 saturated carbocycles. The lowest BCUT2D eigenvalue weighted by Gasteiger charge is -2.25. The van der Waals surface area contributed by atoms with Crippen molar-refractivity contribution in [1.29, 1.82) is 0 Å². The number of amides is 2. The first-order valence-electron chi connectivity index (χ1n) is 7.30. The van der Waals surface area contributed by atoms with Crippen LogP contribution in [0.4, 0.5) is 5.69 Å². The quantitative estimate of drug-likeness (QED) is 0.817. The van der Waals surface area contributed by atoms with Crippen LogP contribution in [0, 0.1) is 5.92 Å². The third kappa shape index (κ3) is 6.45. The van der Waals surface area contributed by atoms with E-state index < -0.39 is 11.8 Å². The zero-order valence-corrected chi connectivity index (χ0v) is 14.4. The van der Waals surface area contributed by atoms with E-state index in [2.05, 4.69) is 5.32 Å². The number of carbonyl (C=O) groups excluding carboxylic acids is 2. The van der Waals surface area contributed by atoms with Gasteiger partial charge in [-0.3, -0.25) is 9.59 Å². The summed E-state index contributed by atoms with van der Waals surface area (Å²) in [4.78, 5) is 28.0. The van der Waals surface area contributed by atoms with Gasteiger partial charge in [-0.15, -0.1) is 0 Å². The van der Waals surface area contributed by atoms with E-state index in [4.69, 9.17) is 11.6 Å². The van der Waals surface area contributed by atoms with Gasteiger partial charge in [-0.1, -0.05) is 25.4 Å². The van der Waals surface area contributed by atoms with Gasteiger partial charge in [0.15, 0.2) is 0 Å². The molecular formula is C16H24ClN3O2. The van der Waals surface area contributed by atoms with Crippen molar-refractivity contribution in [3.8, 4) is 0 Å². The monoisotopic (exact) mass is 325 g/mol. The lowest BCUT2D eigenvalue weighted by atomic mass is 10.2. The van der Waals surface area contributed by atoms with E-state index in [1.807, 2.05) is 32.8 Å². The number of hydrogen-bond donors (Lipinski definition) is 1. The van der Waals surface area contributed by atoms with E-state index in [0.29, 0.717) is 36.3 Å². The lowest BCUT2D eigenvalue weighted by molar-refractivity contribution is -0.143. The molecule has 0 aliphatic rings. The minimum atomic E-state index is -0.623. The molecule has 0 atom stereocenters. The van der Waals surface area contributed by atoms with Crippen LogP contribution in [-0.4, -0.2) is 55.3 Å². The standard InChI is InChI=1S/C16H24ClN3O2/c1-12(2)11-20(10-9-19(3)4)16(22)15(21)18-14-7-5-13(17)6-8-14/h5-8,12H,9-11H2,1-4H3,(H,18,21). The topological polar surface area (TPSA) is 52.7 Å². The number of rotatable bonds is 6. The molecule has 22 heavy (non-hydrogen) atoms. The smallest absolute Gasteiger partial charge is 0.313 e. The average Bonchev–Trinajstić information content (AvgIpc) is 2.44. The summed E-state index contributed by atoms with van der Waals surface area (Å²) in [6.07, 6.45) is 0. The molecule has 0 heterocycles. The van der Waals surface area contributed by atoms with Crippen molar-refractivity contribution >= 4 is 29.1 Å². The first-order chi connectivity index (χ1) is 10.3. The van der Waals surface area contributed by atoms with Gasteiger partial charge < -0.3 is 15.1 Å². The number of benzene rings is 1. The Morgan fingerprint density at radius 1 is 1.14 bits per heavy atom. The normalized spacial score (nSPS) is 10.9. The Bertz CT molecular complexity index is 501. The molecular weight excluding hydrogens is 302 g/mol. The third-order valence-electron chi connectivity index (χ3n) is 2.99. The number of anilines is 1. The molecule has 2 amide bonds. The molecule has 0 aliphatic heterocycles. The molecule has 0 aliphatic carbocycles. The molecule has 0 fully saturated rings. The van der Waals surface area contributed by atoms with Crippen molar-refractivity contribution in [1.82, 2.24) is 9.80 Å². The predicted molar refractivity (Wildman–Crippen MR) is 90.1 cm³/mol. The lowest BCUT2D eigenvalue weighted by Crippen LogP contribution is -2.44. The van der Waals surface area contributed by atoms with Gasteiger partial charge in [0.25, 0.3) is 0 Å². The maximum Gasteiger partial charge on any atom is 0.313 e. The number of carbonyl (C=O) groups is 2. The second-order valence-electron chi connectivity index (χ2n) is 5.91. The summed E-state index contributed by atoms with van der Waals surface area (Å²) in [6.45, 7) is 5.84. The highest BCUT2D eigenvalue weighted by molar-refractivity contribution is 6.39. The van der Waals surface area contributed by atoms with Crippen LogP contribution in [0.5, 0.6) is 0 Å². The van der Waals surface area contributed by atoms with Gasteiger partial charge in [-0.25, -0.2) is 0 Å². The number of halogens is 1. The van der Waals surface area contributed by atoms with Crippen molar-refractivity contribution in [2.45, 2.75) is 13.8 Å². The molecule has 1 N–H and O–H groups in total. The Morgan fingerprint density at radius 3 is 2.23 bits per heavy atom. The molecule has 122 valence electrons. The SMILES string of the molecule is CC(C)CN(CCN(C)C)C(=O)C(=O)Nc1ccc(Cl)cc1. The fourth-order valence-corrected chi connectivity index (χ4v) is 2.02. The molecule has 0 unspecified atom stereocenters. The summed E-state index contributed by atoms with van der Waals surface area (Å²) in [5, 5.41) is 3.19. The number of hydrogen-bond acceptors (Lipinski definition) is 3. The first kappa shape index (κ1) is 18.5. The predicted octanol–water partition coefficient (Wildman–Crippen LogP) is 2.32. The van der Waals surface area contributed by atoms with Crippen molar-refractivity contribution in [2.75, 3.05) is 39.0 Å². The maximum atomic E-state index is 12.3. The van der Waals surface area contributed by atoms with Crippen LogP contribution in [0.25, 0.3) is 0 Å². The summed E-state index contributed by atoms with van der Waals surface area (Å²) in [7, 11) is 3.87. The van der Waals surface area contributed by atoms with Crippen LogP contribution in [0.1, 0.15) is 13.8 Å². The average molecular weight is 326 g/mol. The summed E-state index contributed by atoms with van der Waals surface area (Å²) >= 11 is 5.80. The van der Waals surface area contributed by atoms with Crippen molar-refractivity contribution < 1.29 is 9.59 Å². The largest absolute Gasteiger partial charge is 0.333 e. The number of nitrogens with one attached hydrogen (secondary N) is 1. The first-order valence-corrected chi connectivity index (χ1v) is 7.68. The maximum absolute atomic E-state index is 12.3. The highest BCUT2D eigenvalue weighted by atomic mass is 35.5. The number of nitrogens with zero attached hydrogens (tertiary/aromatic N) is 2. The van der Waals surface area contributed by atoms with E-state index in [-0.39, 0.29) is 0 Å². The Kier molecular flexibility index (Phi) is 7.35. The molecule has 0 bridgehead atoms. The van der Waals surface area contributed by atoms with E-state index in [1.54, 1.807) is 29.2 Å². The minimum absolute atomic E-state index is 0.300. The van der Waals surface area contributed by atoms with Gasteiger partial charge in [-0.2, -0.15) is 0 Å². The molecule has 0 aromatic heterocycles. The summed E-state index contributed by atoms with van der Waals surface area (Å²) < 4.78 is 0. The zero-order valence-electron chi connectivity index (χ0n) is 13.6. The molecule has 1 aromatic rings. The third-order valence-corrected chi connectivity index (χ3v) is 3.24. The van der Waals surface area contributed by atoms with Gasteiger partial charge in [-0.05, 0) is 44.3 Å². The Morgan fingerprint density at radius 2 is 1.73 bits per heavy atom. The highest BCUT2D eigenvalue weighted by Gasteiger charge is 2.22. The fraction of sp³-hybridized carbons (Fsp3) is 0.500. The molecule has 1 rings (SSSR count). The van der Waals surface area contributed by atoms with Crippen LogP contribution in [0.2, 0.25) is 5.02 Å². The fourth-order valence-electron chi connectivity index (χ4n) is 1.90. The van der Waals surface area contributed by atoms with Gasteiger partial charge in [0.1, 0.15) is 0 Å². The van der Waals surface area contributed by atoms with E-state index in [9.17, 15) is 9.59 Å². The Labute approximate surface area is 137 Å². The molecule has 1 aromatic carbocycles. The van der Waals surface area contributed by atoms with Crippen LogP contribution in [0.3, 0.4) is 0 Å². The Balaban J connectivity index is 2.69. The highest BCUT2D eigenvalue weighted by Crippen LogP contribution is 2.13. The van der Waals surface area contributed by atoms with Crippen molar-refractivity contribution in [3.05, 3.63) is 29.3 Å². The van der Waals surface area contributed by atoms with Gasteiger partial charge in [0, 0.05) is 30.3 Å². The molecule has 0 saturated heterocycles. The van der Waals surface area contributed by atoms with E-state index >= 15 is 0 Å². The van der Waals surface area contributed by atoms with Gasteiger partial charge in [0.2, 0.25) is 0 Å².